The lowest BCUT2D eigenvalue weighted by atomic mass is 10.1. The lowest BCUT2D eigenvalue weighted by Gasteiger charge is -2.11. The van der Waals surface area contributed by atoms with Crippen molar-refractivity contribution in [3.8, 4) is 5.75 Å². The van der Waals surface area contributed by atoms with E-state index in [1.807, 2.05) is 12.1 Å². The smallest absolute Gasteiger partial charge is 0.252 e. The fourth-order valence-electron chi connectivity index (χ4n) is 2.59. The third-order valence-electron chi connectivity index (χ3n) is 4.51. The summed E-state index contributed by atoms with van der Waals surface area (Å²) in [7, 11) is 0. The molecule has 0 aliphatic heterocycles. The zero-order chi connectivity index (χ0) is 22.9. The van der Waals surface area contributed by atoms with Gasteiger partial charge in [0.15, 0.2) is 0 Å². The first-order chi connectivity index (χ1) is 15.4. The quantitative estimate of drug-likeness (QED) is 0.292. The number of carbonyl (C=O) groups excluding carboxylic acids is 2. The number of hydrogen-bond acceptors (Lipinski definition) is 4. The minimum absolute atomic E-state index is 0.0130. The number of carbonyl (C=O) groups is 2. The van der Waals surface area contributed by atoms with E-state index in [-0.39, 0.29) is 5.69 Å². The van der Waals surface area contributed by atoms with Crippen molar-refractivity contribution in [2.75, 3.05) is 5.32 Å². The molecular weight excluding hydrogens is 433 g/mol. The zero-order valence-electron chi connectivity index (χ0n) is 17.2. The highest BCUT2D eigenvalue weighted by atomic mass is 35.5. The monoisotopic (exact) mass is 453 g/mol. The van der Waals surface area contributed by atoms with Crippen molar-refractivity contribution >= 4 is 35.3 Å². The maximum absolute atomic E-state index is 13.6. The maximum atomic E-state index is 13.6. The second kappa shape index (κ2) is 11.1. The van der Waals surface area contributed by atoms with Gasteiger partial charge in [-0.1, -0.05) is 35.9 Å². The molecule has 3 aromatic carbocycles. The van der Waals surface area contributed by atoms with Crippen LogP contribution in [0.5, 0.6) is 5.75 Å². The molecule has 0 heterocycles. The minimum atomic E-state index is -1.06. The van der Waals surface area contributed by atoms with Gasteiger partial charge in [-0.2, -0.15) is 5.10 Å². The Bertz CT molecular complexity index is 1100. The molecule has 0 spiro atoms. The molecule has 0 fully saturated rings. The molecule has 0 saturated heterocycles. The fourth-order valence-corrected chi connectivity index (χ4v) is 2.71. The highest BCUT2D eigenvalue weighted by Gasteiger charge is 2.22. The van der Waals surface area contributed by atoms with E-state index in [0.29, 0.717) is 17.4 Å². The average Bonchev–Trinajstić information content (AvgIpc) is 2.80. The lowest BCUT2D eigenvalue weighted by molar-refractivity contribution is -0.131. The topological polar surface area (TPSA) is 79.8 Å². The van der Waals surface area contributed by atoms with Crippen LogP contribution in [0.25, 0.3) is 0 Å². The lowest BCUT2D eigenvalue weighted by Crippen LogP contribution is -2.34. The molecule has 8 heteroatoms. The molecule has 3 aromatic rings. The average molecular weight is 454 g/mol. The van der Waals surface area contributed by atoms with Crippen molar-refractivity contribution in [2.45, 2.75) is 13.5 Å². The van der Waals surface area contributed by atoms with Crippen molar-refractivity contribution in [2.24, 2.45) is 11.0 Å². The van der Waals surface area contributed by atoms with Gasteiger partial charge in [-0.15, -0.1) is 0 Å². The SMILES string of the molecule is CC(C(=O)NN=Cc1ccc(OCc2ccc(Cl)cc2)cc1)C(=O)Nc1ccccc1F. The Kier molecular flexibility index (Phi) is 7.94. The largest absolute Gasteiger partial charge is 0.489 e. The molecule has 2 N–H and O–H groups in total. The highest BCUT2D eigenvalue weighted by molar-refractivity contribution is 6.30. The van der Waals surface area contributed by atoms with E-state index in [4.69, 9.17) is 16.3 Å². The van der Waals surface area contributed by atoms with Crippen molar-refractivity contribution in [1.82, 2.24) is 5.43 Å². The van der Waals surface area contributed by atoms with E-state index in [1.165, 1.54) is 31.3 Å². The number of nitrogens with one attached hydrogen (secondary N) is 2. The first kappa shape index (κ1) is 23.0. The molecule has 0 aromatic heterocycles. The minimum Gasteiger partial charge on any atom is -0.489 e. The summed E-state index contributed by atoms with van der Waals surface area (Å²) in [5.41, 5.74) is 4.05. The van der Waals surface area contributed by atoms with E-state index in [1.54, 1.807) is 42.5 Å². The van der Waals surface area contributed by atoms with Crippen LogP contribution in [0.3, 0.4) is 0 Å². The van der Waals surface area contributed by atoms with Crippen molar-refractivity contribution in [3.05, 3.63) is 94.8 Å². The molecule has 0 saturated carbocycles. The molecule has 32 heavy (non-hydrogen) atoms. The van der Waals surface area contributed by atoms with Gasteiger partial charge in [-0.3, -0.25) is 9.59 Å². The normalized spacial score (nSPS) is 11.7. The summed E-state index contributed by atoms with van der Waals surface area (Å²) in [6.45, 7) is 1.82. The maximum Gasteiger partial charge on any atom is 0.252 e. The van der Waals surface area contributed by atoms with Crippen molar-refractivity contribution < 1.29 is 18.7 Å². The Morgan fingerprint density at radius 3 is 2.41 bits per heavy atom. The van der Waals surface area contributed by atoms with Crippen molar-refractivity contribution in [1.29, 1.82) is 0 Å². The van der Waals surface area contributed by atoms with Crippen LogP contribution in [-0.2, 0) is 16.2 Å². The van der Waals surface area contributed by atoms with Gasteiger partial charge >= 0.3 is 0 Å². The third kappa shape index (κ3) is 6.65. The molecule has 1 atom stereocenters. The van der Waals surface area contributed by atoms with Gasteiger partial charge in [-0.05, 0) is 66.6 Å². The Labute approximate surface area is 190 Å². The first-order valence-corrected chi connectivity index (χ1v) is 10.2. The number of nitrogens with zero attached hydrogens (tertiary/aromatic N) is 1. The Hall–Kier alpha value is -3.71. The number of hydrazone groups is 1. The summed E-state index contributed by atoms with van der Waals surface area (Å²) in [4.78, 5) is 24.3. The summed E-state index contributed by atoms with van der Waals surface area (Å²) in [5.74, 6) is -2.20. The number of halogens is 2. The molecule has 2 amide bonds. The molecule has 164 valence electrons. The Balaban J connectivity index is 1.47. The number of amides is 2. The van der Waals surface area contributed by atoms with Crippen LogP contribution >= 0.6 is 11.6 Å². The van der Waals surface area contributed by atoms with Crippen LogP contribution < -0.4 is 15.5 Å². The number of benzene rings is 3. The van der Waals surface area contributed by atoms with Gasteiger partial charge in [0.1, 0.15) is 24.1 Å². The fraction of sp³-hybridized carbons (Fsp3) is 0.125. The summed E-state index contributed by atoms with van der Waals surface area (Å²) in [6, 6.07) is 20.2. The van der Waals surface area contributed by atoms with Crippen molar-refractivity contribution in [3.63, 3.8) is 0 Å². The standard InChI is InChI=1S/C24H21ClFN3O3/c1-16(23(30)28-22-5-3-2-4-21(22)26)24(31)29-27-14-17-8-12-20(13-9-17)32-15-18-6-10-19(25)11-7-18/h2-14,16H,15H2,1H3,(H,28,30)(H,29,31). The molecule has 3 rings (SSSR count). The van der Waals surface area contributed by atoms with Gasteiger partial charge in [0.25, 0.3) is 5.91 Å². The van der Waals surface area contributed by atoms with Crippen LogP contribution in [0, 0.1) is 11.7 Å². The Morgan fingerprint density at radius 1 is 1.03 bits per heavy atom. The van der Waals surface area contributed by atoms with Crippen LogP contribution in [0.4, 0.5) is 10.1 Å². The van der Waals surface area contributed by atoms with Crippen LogP contribution in [0.2, 0.25) is 5.02 Å². The molecule has 0 bridgehead atoms. The van der Waals surface area contributed by atoms with E-state index >= 15 is 0 Å². The predicted molar refractivity (Wildman–Crippen MR) is 122 cm³/mol. The molecule has 0 aliphatic carbocycles. The highest BCUT2D eigenvalue weighted by Crippen LogP contribution is 2.16. The van der Waals surface area contributed by atoms with Crippen LogP contribution in [-0.4, -0.2) is 18.0 Å². The molecule has 6 nitrogen and oxygen atoms in total. The summed E-state index contributed by atoms with van der Waals surface area (Å²) < 4.78 is 19.3. The van der Waals surface area contributed by atoms with E-state index < -0.39 is 23.5 Å². The van der Waals surface area contributed by atoms with E-state index in [0.717, 1.165) is 11.1 Å². The molecule has 1 unspecified atom stereocenters. The van der Waals surface area contributed by atoms with E-state index in [2.05, 4.69) is 15.8 Å². The summed E-state index contributed by atoms with van der Waals surface area (Å²) in [5, 5.41) is 6.92. The number of ether oxygens (including phenoxy) is 1. The number of rotatable bonds is 8. The summed E-state index contributed by atoms with van der Waals surface area (Å²) >= 11 is 5.87. The Morgan fingerprint density at radius 2 is 1.72 bits per heavy atom. The second-order valence-corrected chi connectivity index (χ2v) is 7.35. The number of hydrogen-bond donors (Lipinski definition) is 2. The van der Waals surface area contributed by atoms with E-state index in [9.17, 15) is 14.0 Å². The van der Waals surface area contributed by atoms with Gasteiger partial charge in [0.2, 0.25) is 5.91 Å². The van der Waals surface area contributed by atoms with Crippen LogP contribution in [0.1, 0.15) is 18.1 Å². The zero-order valence-corrected chi connectivity index (χ0v) is 18.0. The van der Waals surface area contributed by atoms with Crippen LogP contribution in [0.15, 0.2) is 77.9 Å². The second-order valence-electron chi connectivity index (χ2n) is 6.91. The third-order valence-corrected chi connectivity index (χ3v) is 4.76. The van der Waals surface area contributed by atoms with Gasteiger partial charge in [0.05, 0.1) is 11.9 Å². The molecule has 0 radical (unpaired) electrons. The molecule has 0 aliphatic rings. The number of anilines is 1. The molecular formula is C24H21ClFN3O3. The predicted octanol–water partition coefficient (Wildman–Crippen LogP) is 4.78. The number of para-hydroxylation sites is 1. The first-order valence-electron chi connectivity index (χ1n) is 9.78. The summed E-state index contributed by atoms with van der Waals surface area (Å²) in [6.07, 6.45) is 1.45. The van der Waals surface area contributed by atoms with Gasteiger partial charge in [0, 0.05) is 5.02 Å². The van der Waals surface area contributed by atoms with Gasteiger partial charge in [-0.25, -0.2) is 9.82 Å². The van der Waals surface area contributed by atoms with Gasteiger partial charge < -0.3 is 10.1 Å².